The van der Waals surface area contributed by atoms with Crippen LogP contribution in [0.5, 0.6) is 0 Å². The van der Waals surface area contributed by atoms with Crippen molar-refractivity contribution in [2.45, 2.75) is 57.5 Å². The van der Waals surface area contributed by atoms with Crippen LogP contribution in [0.25, 0.3) is 0 Å². The quantitative estimate of drug-likeness (QED) is 0.682. The van der Waals surface area contributed by atoms with Gasteiger partial charge in [0.2, 0.25) is 10.0 Å². The average Bonchev–Trinajstić information content (AvgIpc) is 2.42. The van der Waals surface area contributed by atoms with Gasteiger partial charge in [0.15, 0.2) is 0 Å². The van der Waals surface area contributed by atoms with Gasteiger partial charge in [-0.3, -0.25) is 0 Å². The van der Waals surface area contributed by atoms with Crippen molar-refractivity contribution in [2.24, 2.45) is 0 Å². The summed E-state index contributed by atoms with van der Waals surface area (Å²) in [6, 6.07) is 5.14. The number of nitrogens with one attached hydrogen (secondary N) is 2. The highest BCUT2D eigenvalue weighted by Gasteiger charge is 2.15. The summed E-state index contributed by atoms with van der Waals surface area (Å²) in [5, 5.41) is 3.82. The Labute approximate surface area is 133 Å². The summed E-state index contributed by atoms with van der Waals surface area (Å²) in [4.78, 5) is 0.268. The van der Waals surface area contributed by atoms with Gasteiger partial charge in [-0.15, -0.1) is 0 Å². The maximum absolute atomic E-state index is 12.2. The third kappa shape index (κ3) is 6.34. The minimum atomic E-state index is -3.45. The Morgan fingerprint density at radius 3 is 2.57 bits per heavy atom. The molecule has 21 heavy (non-hydrogen) atoms. The van der Waals surface area contributed by atoms with Gasteiger partial charge in [0.05, 0.1) is 4.90 Å². The van der Waals surface area contributed by atoms with Gasteiger partial charge in [0, 0.05) is 24.2 Å². The highest BCUT2D eigenvalue weighted by atomic mass is 35.5. The van der Waals surface area contributed by atoms with Gasteiger partial charge >= 0.3 is 0 Å². The fourth-order valence-electron chi connectivity index (χ4n) is 1.83. The van der Waals surface area contributed by atoms with E-state index in [2.05, 4.69) is 17.0 Å². The molecule has 2 N–H and O–H groups in total. The Morgan fingerprint density at radius 1 is 1.24 bits per heavy atom. The van der Waals surface area contributed by atoms with E-state index in [1.807, 2.05) is 13.8 Å². The minimum Gasteiger partial charge on any atom is -0.310 e. The van der Waals surface area contributed by atoms with Gasteiger partial charge in [-0.25, -0.2) is 13.1 Å². The first-order chi connectivity index (χ1) is 9.86. The van der Waals surface area contributed by atoms with Crippen LogP contribution in [0.4, 0.5) is 0 Å². The van der Waals surface area contributed by atoms with E-state index in [9.17, 15) is 8.42 Å². The Bertz CT molecular complexity index is 545. The lowest BCUT2D eigenvalue weighted by molar-refractivity contribution is 0.574. The number of hydrogen-bond donors (Lipinski definition) is 2. The number of rotatable bonds is 9. The van der Waals surface area contributed by atoms with Gasteiger partial charge in [0.1, 0.15) is 0 Å². The molecule has 0 radical (unpaired) electrons. The molecule has 120 valence electrons. The van der Waals surface area contributed by atoms with Crippen LogP contribution < -0.4 is 10.0 Å². The monoisotopic (exact) mass is 332 g/mol. The maximum atomic E-state index is 12.2. The van der Waals surface area contributed by atoms with Crippen molar-refractivity contribution in [3.8, 4) is 0 Å². The lowest BCUT2D eigenvalue weighted by Crippen LogP contribution is -2.25. The lowest BCUT2D eigenvalue weighted by Gasteiger charge is -2.12. The number of sulfonamides is 1. The molecule has 0 bridgehead atoms. The minimum absolute atomic E-state index is 0.268. The molecule has 0 aromatic heterocycles. The van der Waals surface area contributed by atoms with Crippen LogP contribution in [0, 0.1) is 0 Å². The number of hydrogen-bond acceptors (Lipinski definition) is 3. The van der Waals surface area contributed by atoms with Gasteiger partial charge in [0.25, 0.3) is 0 Å². The van der Waals surface area contributed by atoms with E-state index < -0.39 is 10.0 Å². The van der Waals surface area contributed by atoms with Crippen molar-refractivity contribution in [1.29, 1.82) is 0 Å². The second-order valence-electron chi connectivity index (χ2n) is 5.39. The molecule has 0 spiro atoms. The predicted molar refractivity (Wildman–Crippen MR) is 88.1 cm³/mol. The second kappa shape index (κ2) is 8.73. The van der Waals surface area contributed by atoms with Crippen molar-refractivity contribution < 1.29 is 8.42 Å². The summed E-state index contributed by atoms with van der Waals surface area (Å²) in [6.07, 6.45) is 2.94. The molecular formula is C15H25ClN2O2S. The summed E-state index contributed by atoms with van der Waals surface area (Å²) in [5.41, 5.74) is 0.793. The molecule has 4 nitrogen and oxygen atoms in total. The second-order valence-corrected chi connectivity index (χ2v) is 7.57. The Balaban J connectivity index is 2.79. The zero-order valence-corrected chi connectivity index (χ0v) is 14.5. The van der Waals surface area contributed by atoms with Crippen LogP contribution in [0.1, 0.15) is 45.6 Å². The molecule has 0 aliphatic carbocycles. The summed E-state index contributed by atoms with van der Waals surface area (Å²) >= 11 is 6.12. The first-order valence-electron chi connectivity index (χ1n) is 7.38. The SMILES string of the molecule is CCCCCNS(=O)(=O)c1ccc(Cl)c(CNC(C)C)c1. The molecule has 1 rings (SSSR count). The Hall–Kier alpha value is -0.620. The van der Waals surface area contributed by atoms with Gasteiger partial charge in [-0.2, -0.15) is 0 Å². The predicted octanol–water partition coefficient (Wildman–Crippen LogP) is 3.31. The third-order valence-electron chi connectivity index (χ3n) is 3.10. The first-order valence-corrected chi connectivity index (χ1v) is 9.24. The zero-order chi connectivity index (χ0) is 15.9. The van der Waals surface area contributed by atoms with E-state index in [-0.39, 0.29) is 4.90 Å². The van der Waals surface area contributed by atoms with E-state index in [1.165, 1.54) is 0 Å². The van der Waals surface area contributed by atoms with Crippen LogP contribution in [0.2, 0.25) is 5.02 Å². The molecule has 0 saturated carbocycles. The molecule has 0 heterocycles. The highest BCUT2D eigenvalue weighted by Crippen LogP contribution is 2.20. The third-order valence-corrected chi connectivity index (χ3v) is 4.93. The Morgan fingerprint density at radius 2 is 1.95 bits per heavy atom. The standard InChI is InChI=1S/C15H25ClN2O2S/c1-4-5-6-9-18-21(19,20)14-7-8-15(16)13(10-14)11-17-12(2)3/h7-8,10,12,17-18H,4-6,9,11H2,1-3H3. The van der Waals surface area contributed by atoms with Crippen LogP contribution in [0.15, 0.2) is 23.1 Å². The van der Waals surface area contributed by atoms with E-state index >= 15 is 0 Å². The molecule has 0 amide bonds. The van der Waals surface area contributed by atoms with Crippen molar-refractivity contribution in [2.75, 3.05) is 6.54 Å². The van der Waals surface area contributed by atoms with E-state index in [0.29, 0.717) is 24.2 Å². The molecular weight excluding hydrogens is 308 g/mol. The fraction of sp³-hybridized carbons (Fsp3) is 0.600. The van der Waals surface area contributed by atoms with Crippen LogP contribution >= 0.6 is 11.6 Å². The number of halogens is 1. The summed E-state index contributed by atoms with van der Waals surface area (Å²) in [5.74, 6) is 0. The van der Waals surface area contributed by atoms with Crippen molar-refractivity contribution in [1.82, 2.24) is 10.0 Å². The van der Waals surface area contributed by atoms with Crippen LogP contribution in [-0.4, -0.2) is 21.0 Å². The van der Waals surface area contributed by atoms with Crippen LogP contribution in [0.3, 0.4) is 0 Å². The zero-order valence-electron chi connectivity index (χ0n) is 12.9. The fourth-order valence-corrected chi connectivity index (χ4v) is 3.14. The molecule has 0 unspecified atom stereocenters. The number of unbranched alkanes of at least 4 members (excludes halogenated alkanes) is 2. The van der Waals surface area contributed by atoms with Crippen LogP contribution in [-0.2, 0) is 16.6 Å². The average molecular weight is 333 g/mol. The largest absolute Gasteiger partial charge is 0.310 e. The Kier molecular flexibility index (Phi) is 7.66. The lowest BCUT2D eigenvalue weighted by atomic mass is 10.2. The molecule has 6 heteroatoms. The molecule has 0 aliphatic heterocycles. The summed E-state index contributed by atoms with van der Waals surface area (Å²) < 4.78 is 27.1. The highest BCUT2D eigenvalue weighted by molar-refractivity contribution is 7.89. The topological polar surface area (TPSA) is 58.2 Å². The normalized spacial score (nSPS) is 12.0. The van der Waals surface area contributed by atoms with Gasteiger partial charge in [-0.05, 0) is 30.2 Å². The molecule has 1 aromatic rings. The smallest absolute Gasteiger partial charge is 0.240 e. The molecule has 1 aromatic carbocycles. The molecule has 0 fully saturated rings. The van der Waals surface area contributed by atoms with E-state index in [1.54, 1.807) is 18.2 Å². The van der Waals surface area contributed by atoms with Gasteiger partial charge < -0.3 is 5.32 Å². The maximum Gasteiger partial charge on any atom is 0.240 e. The van der Waals surface area contributed by atoms with Crippen molar-refractivity contribution in [3.05, 3.63) is 28.8 Å². The van der Waals surface area contributed by atoms with Gasteiger partial charge in [-0.1, -0.05) is 45.2 Å². The molecule has 0 atom stereocenters. The first kappa shape index (κ1) is 18.4. The van der Waals surface area contributed by atoms with E-state index in [0.717, 1.165) is 24.8 Å². The van der Waals surface area contributed by atoms with Crippen molar-refractivity contribution >= 4 is 21.6 Å². The molecule has 0 aliphatic rings. The van der Waals surface area contributed by atoms with E-state index in [4.69, 9.17) is 11.6 Å². The summed E-state index contributed by atoms with van der Waals surface area (Å²) in [7, 11) is -3.45. The molecule has 0 saturated heterocycles. The number of benzene rings is 1. The van der Waals surface area contributed by atoms with Crippen molar-refractivity contribution in [3.63, 3.8) is 0 Å². The summed E-state index contributed by atoms with van der Waals surface area (Å²) in [6.45, 7) is 7.17.